The second kappa shape index (κ2) is 4.21. The first-order valence-corrected chi connectivity index (χ1v) is 6.55. The maximum Gasteiger partial charge on any atom is 0.418 e. The van der Waals surface area contributed by atoms with Crippen molar-refractivity contribution >= 4 is 17.9 Å². The normalized spacial score (nSPS) is 30.9. The number of amides is 3. The minimum atomic E-state index is -1.04. The Morgan fingerprint density at radius 3 is 2.58 bits per heavy atom. The molecule has 1 spiro atoms. The van der Waals surface area contributed by atoms with Gasteiger partial charge >= 0.3 is 6.09 Å². The smallest absolute Gasteiger partial charge is 0.418 e. The molecule has 2 atom stereocenters. The van der Waals surface area contributed by atoms with E-state index in [-0.39, 0.29) is 11.8 Å². The molecule has 1 N–H and O–H groups in total. The zero-order valence-electron chi connectivity index (χ0n) is 11.8. The highest BCUT2D eigenvalue weighted by Gasteiger charge is 2.66. The van der Waals surface area contributed by atoms with Crippen molar-refractivity contribution in [3.05, 3.63) is 0 Å². The summed E-state index contributed by atoms with van der Waals surface area (Å²) < 4.78 is 5.22. The number of piperidine rings is 1. The van der Waals surface area contributed by atoms with Gasteiger partial charge in [-0.05, 0) is 33.6 Å². The monoisotopic (exact) mass is 268 g/mol. The first kappa shape index (κ1) is 13.8. The fourth-order valence-corrected chi connectivity index (χ4v) is 2.74. The average molecular weight is 268 g/mol. The van der Waals surface area contributed by atoms with Gasteiger partial charge in [-0.3, -0.25) is 9.59 Å². The van der Waals surface area contributed by atoms with Crippen LogP contribution in [0.15, 0.2) is 0 Å². The number of likely N-dealkylation sites (tertiary alicyclic amines) is 1. The highest BCUT2D eigenvalue weighted by Crippen LogP contribution is 2.43. The summed E-state index contributed by atoms with van der Waals surface area (Å²) in [6, 6.07) is 0. The van der Waals surface area contributed by atoms with Crippen LogP contribution in [-0.2, 0) is 14.3 Å². The summed E-state index contributed by atoms with van der Waals surface area (Å²) in [4.78, 5) is 37.2. The molecular formula is C13H20N2O4. The molecule has 0 saturated carbocycles. The van der Waals surface area contributed by atoms with Gasteiger partial charge in [0.25, 0.3) is 0 Å². The Morgan fingerprint density at radius 2 is 2.05 bits per heavy atom. The lowest BCUT2D eigenvalue weighted by Gasteiger charge is -2.54. The Labute approximate surface area is 112 Å². The van der Waals surface area contributed by atoms with Gasteiger partial charge in [0.05, 0.1) is 5.92 Å². The zero-order chi connectivity index (χ0) is 14.4. The summed E-state index contributed by atoms with van der Waals surface area (Å²) in [5, 5.41) is 2.73. The number of hydrogen-bond donors (Lipinski definition) is 1. The number of imide groups is 1. The molecule has 2 aliphatic heterocycles. The van der Waals surface area contributed by atoms with Crippen LogP contribution in [0.25, 0.3) is 0 Å². The molecule has 6 nitrogen and oxygen atoms in total. The molecule has 6 heteroatoms. The van der Waals surface area contributed by atoms with Crippen LogP contribution in [0.4, 0.5) is 4.79 Å². The van der Waals surface area contributed by atoms with Gasteiger partial charge in [0.2, 0.25) is 11.8 Å². The number of rotatable bonds is 0. The Hall–Kier alpha value is -1.59. The minimum absolute atomic E-state index is 0.253. The van der Waals surface area contributed by atoms with Crippen LogP contribution in [0, 0.1) is 5.92 Å². The van der Waals surface area contributed by atoms with Gasteiger partial charge < -0.3 is 10.1 Å². The average Bonchev–Trinajstić information content (AvgIpc) is 2.28. The fraction of sp³-hybridized carbons (Fsp3) is 0.769. The molecule has 2 heterocycles. The molecule has 106 valence electrons. The summed E-state index contributed by atoms with van der Waals surface area (Å²) in [6.45, 7) is 7.46. The number of nitrogens with zero attached hydrogens (tertiary/aromatic N) is 1. The molecule has 0 radical (unpaired) electrons. The van der Waals surface area contributed by atoms with Gasteiger partial charge in [-0.2, -0.15) is 0 Å². The minimum Gasteiger partial charge on any atom is -0.443 e. The van der Waals surface area contributed by atoms with Crippen molar-refractivity contribution in [2.45, 2.75) is 51.7 Å². The first-order chi connectivity index (χ1) is 8.70. The Kier molecular flexibility index (Phi) is 3.07. The van der Waals surface area contributed by atoms with Crippen LogP contribution >= 0.6 is 0 Å². The molecule has 0 bridgehead atoms. The van der Waals surface area contributed by atoms with Gasteiger partial charge in [0, 0.05) is 6.54 Å². The van der Waals surface area contributed by atoms with Crippen molar-refractivity contribution in [2.75, 3.05) is 6.54 Å². The van der Waals surface area contributed by atoms with Gasteiger partial charge in [-0.25, -0.2) is 9.69 Å². The molecule has 0 unspecified atom stereocenters. The van der Waals surface area contributed by atoms with Gasteiger partial charge in [-0.15, -0.1) is 0 Å². The predicted molar refractivity (Wildman–Crippen MR) is 67.2 cm³/mol. The quantitative estimate of drug-likeness (QED) is 0.666. The lowest BCUT2D eigenvalue weighted by Crippen LogP contribution is -2.78. The van der Waals surface area contributed by atoms with Crippen LogP contribution in [-0.4, -0.2) is 40.5 Å². The van der Waals surface area contributed by atoms with E-state index in [9.17, 15) is 14.4 Å². The molecule has 0 aromatic carbocycles. The van der Waals surface area contributed by atoms with Crippen LogP contribution in [0.3, 0.4) is 0 Å². The van der Waals surface area contributed by atoms with E-state index >= 15 is 0 Å². The van der Waals surface area contributed by atoms with Gasteiger partial charge in [-0.1, -0.05) is 6.92 Å². The largest absolute Gasteiger partial charge is 0.443 e. The van der Waals surface area contributed by atoms with Crippen LogP contribution in [0.5, 0.6) is 0 Å². The number of ether oxygens (including phenoxy) is 1. The molecule has 2 saturated heterocycles. The summed E-state index contributed by atoms with van der Waals surface area (Å²) in [6.07, 6.45) is 0.529. The fourth-order valence-electron chi connectivity index (χ4n) is 2.74. The van der Waals surface area contributed by atoms with E-state index in [0.717, 1.165) is 11.3 Å². The third-order valence-corrected chi connectivity index (χ3v) is 3.70. The predicted octanol–water partition coefficient (Wildman–Crippen LogP) is 1.05. The lowest BCUT2D eigenvalue weighted by atomic mass is 9.69. The Bertz CT molecular complexity index is 440. The molecule has 19 heavy (non-hydrogen) atoms. The van der Waals surface area contributed by atoms with Crippen LogP contribution in [0.1, 0.15) is 40.5 Å². The van der Waals surface area contributed by atoms with E-state index in [0.29, 0.717) is 13.0 Å². The Morgan fingerprint density at radius 1 is 1.42 bits per heavy atom. The molecule has 0 aliphatic carbocycles. The molecular weight excluding hydrogens is 248 g/mol. The molecule has 2 fully saturated rings. The van der Waals surface area contributed by atoms with E-state index in [1.54, 1.807) is 27.7 Å². The van der Waals surface area contributed by atoms with Crippen molar-refractivity contribution < 1.29 is 19.1 Å². The van der Waals surface area contributed by atoms with Crippen molar-refractivity contribution in [1.29, 1.82) is 0 Å². The molecule has 0 aromatic rings. The van der Waals surface area contributed by atoms with Crippen molar-refractivity contribution in [3.63, 3.8) is 0 Å². The number of nitrogens with one attached hydrogen (secondary N) is 1. The Balaban J connectivity index is 2.26. The van der Waals surface area contributed by atoms with Crippen molar-refractivity contribution in [1.82, 2.24) is 10.2 Å². The third kappa shape index (κ3) is 1.99. The summed E-state index contributed by atoms with van der Waals surface area (Å²) in [5.74, 6) is -1.07. The second-order valence-corrected chi connectivity index (χ2v) is 6.16. The molecule has 2 aliphatic rings. The van der Waals surface area contributed by atoms with Crippen molar-refractivity contribution in [3.8, 4) is 0 Å². The second-order valence-electron chi connectivity index (χ2n) is 6.16. The SMILES string of the molecule is C[C@H]1C(=O)N(C(=O)OC(C)(C)C)[C@@]12CCCNC2=O. The van der Waals surface area contributed by atoms with E-state index in [4.69, 9.17) is 4.74 Å². The summed E-state index contributed by atoms with van der Waals surface area (Å²) in [5.41, 5.74) is -1.74. The number of carbonyl (C=O) groups is 3. The molecule has 2 rings (SSSR count). The third-order valence-electron chi connectivity index (χ3n) is 3.70. The topological polar surface area (TPSA) is 75.7 Å². The van der Waals surface area contributed by atoms with Gasteiger partial charge in [0.15, 0.2) is 0 Å². The number of carbonyl (C=O) groups excluding carboxylic acids is 3. The van der Waals surface area contributed by atoms with E-state index in [2.05, 4.69) is 5.32 Å². The summed E-state index contributed by atoms with van der Waals surface area (Å²) in [7, 11) is 0. The van der Waals surface area contributed by atoms with Crippen LogP contribution in [0.2, 0.25) is 0 Å². The highest BCUT2D eigenvalue weighted by molar-refractivity contribution is 6.10. The molecule has 3 amide bonds. The van der Waals surface area contributed by atoms with E-state index in [1.807, 2.05) is 0 Å². The number of β-lactam (4-membered cyclic amide) rings is 1. The maximum absolute atomic E-state index is 12.1. The van der Waals surface area contributed by atoms with Crippen molar-refractivity contribution in [2.24, 2.45) is 5.92 Å². The van der Waals surface area contributed by atoms with E-state index in [1.165, 1.54) is 0 Å². The van der Waals surface area contributed by atoms with Gasteiger partial charge in [0.1, 0.15) is 11.1 Å². The standard InChI is InChI=1S/C13H20N2O4/c1-8-9(16)15(11(18)19-12(2,3)4)13(8)6-5-7-14-10(13)17/h8H,5-7H2,1-4H3,(H,14,17)/t8-,13-/m0/s1. The summed E-state index contributed by atoms with van der Waals surface area (Å²) >= 11 is 0. The van der Waals surface area contributed by atoms with E-state index < -0.39 is 23.2 Å². The van der Waals surface area contributed by atoms with Crippen LogP contribution < -0.4 is 5.32 Å². The highest BCUT2D eigenvalue weighted by atomic mass is 16.6. The maximum atomic E-state index is 12.1. The number of hydrogen-bond acceptors (Lipinski definition) is 4. The zero-order valence-corrected chi connectivity index (χ0v) is 11.8. The lowest BCUT2D eigenvalue weighted by molar-refractivity contribution is -0.177. The first-order valence-electron chi connectivity index (χ1n) is 6.55. The molecule has 0 aromatic heterocycles.